The molecule has 168 valence electrons. The van der Waals surface area contributed by atoms with Crippen molar-refractivity contribution in [2.24, 2.45) is 0 Å². The van der Waals surface area contributed by atoms with Crippen LogP contribution in [0.2, 0.25) is 0 Å². The van der Waals surface area contributed by atoms with Crippen molar-refractivity contribution in [1.82, 2.24) is 9.55 Å². The molecule has 0 aliphatic heterocycles. The zero-order valence-electron chi connectivity index (χ0n) is 17.3. The molecule has 3 aromatic rings. The third kappa shape index (κ3) is 4.92. The molecule has 3 N–H and O–H groups in total. The van der Waals surface area contributed by atoms with E-state index >= 15 is 0 Å². The Kier molecular flexibility index (Phi) is 7.16. The molecule has 0 aliphatic carbocycles. The maximum atomic E-state index is 14.3. The van der Waals surface area contributed by atoms with Gasteiger partial charge in [0.05, 0.1) is 12.1 Å². The Morgan fingerprint density at radius 3 is 2.53 bits per heavy atom. The number of halogens is 2. The minimum Gasteiger partial charge on any atom is -0.385 e. The molecule has 1 amide bonds. The lowest BCUT2D eigenvalue weighted by atomic mass is 10.1. The zero-order chi connectivity index (χ0) is 23.3. The normalized spacial score (nSPS) is 10.8. The van der Waals surface area contributed by atoms with Crippen LogP contribution in [0, 0.1) is 11.6 Å². The third-order valence-electron chi connectivity index (χ3n) is 4.80. The summed E-state index contributed by atoms with van der Waals surface area (Å²) in [5.41, 5.74) is 4.52. The lowest BCUT2D eigenvalue weighted by molar-refractivity contribution is 0.0979. The number of carbonyl (C=O) groups is 1. The second-order valence-electron chi connectivity index (χ2n) is 6.99. The van der Waals surface area contributed by atoms with Gasteiger partial charge in [-0.15, -0.1) is 0 Å². The van der Waals surface area contributed by atoms with E-state index in [4.69, 9.17) is 10.5 Å². The van der Waals surface area contributed by atoms with E-state index in [9.17, 15) is 23.2 Å². The van der Waals surface area contributed by atoms with E-state index in [0.29, 0.717) is 12.5 Å². The van der Waals surface area contributed by atoms with Gasteiger partial charge in [-0.1, -0.05) is 30.3 Å². The van der Waals surface area contributed by atoms with E-state index in [0.717, 1.165) is 27.2 Å². The second kappa shape index (κ2) is 10.0. The number of amides is 1. The summed E-state index contributed by atoms with van der Waals surface area (Å²) in [7, 11) is 1.47. The van der Waals surface area contributed by atoms with Crippen molar-refractivity contribution in [1.29, 1.82) is 0 Å². The number of hydrogen-bond acceptors (Lipinski definition) is 5. The van der Waals surface area contributed by atoms with Gasteiger partial charge in [-0.2, -0.15) is 0 Å². The van der Waals surface area contributed by atoms with E-state index in [2.05, 4.69) is 4.98 Å². The number of benzene rings is 2. The molecule has 2 aromatic carbocycles. The number of methoxy groups -OCH3 is 1. The first-order valence-electron chi connectivity index (χ1n) is 9.76. The maximum Gasteiger partial charge on any atom is 0.330 e. The number of rotatable bonds is 8. The van der Waals surface area contributed by atoms with E-state index in [1.54, 1.807) is 30.3 Å². The third-order valence-corrected chi connectivity index (χ3v) is 4.80. The number of H-pyrrole nitrogens is 1. The van der Waals surface area contributed by atoms with Gasteiger partial charge < -0.3 is 15.4 Å². The molecule has 0 fully saturated rings. The van der Waals surface area contributed by atoms with Crippen molar-refractivity contribution in [2.75, 3.05) is 30.9 Å². The highest BCUT2D eigenvalue weighted by Gasteiger charge is 2.27. The van der Waals surface area contributed by atoms with Crippen molar-refractivity contribution in [3.8, 4) is 0 Å². The minimum atomic E-state index is -1.08. The molecule has 0 saturated heterocycles. The number of carbonyl (C=O) groups excluding carboxylic acids is 1. The van der Waals surface area contributed by atoms with Crippen LogP contribution in [-0.2, 0) is 11.3 Å². The van der Waals surface area contributed by atoms with E-state index < -0.39 is 34.4 Å². The van der Waals surface area contributed by atoms with Crippen molar-refractivity contribution in [3.63, 3.8) is 0 Å². The first-order chi connectivity index (χ1) is 15.3. The number of aromatic amines is 1. The lowest BCUT2D eigenvalue weighted by Crippen LogP contribution is -2.42. The van der Waals surface area contributed by atoms with E-state index in [1.165, 1.54) is 7.11 Å². The molecule has 0 unspecified atom stereocenters. The number of nitrogens with one attached hydrogen (secondary N) is 1. The van der Waals surface area contributed by atoms with Gasteiger partial charge in [0.25, 0.3) is 11.5 Å². The van der Waals surface area contributed by atoms with Crippen LogP contribution in [0.4, 0.5) is 20.3 Å². The van der Waals surface area contributed by atoms with Gasteiger partial charge in [-0.05, 0) is 24.1 Å². The predicted octanol–water partition coefficient (Wildman–Crippen LogP) is 2.13. The van der Waals surface area contributed by atoms with Gasteiger partial charge in [-0.3, -0.25) is 19.1 Å². The summed E-state index contributed by atoms with van der Waals surface area (Å²) < 4.78 is 33.8. The Labute approximate surface area is 181 Å². The largest absolute Gasteiger partial charge is 0.385 e. The van der Waals surface area contributed by atoms with Crippen molar-refractivity contribution in [3.05, 3.63) is 92.1 Å². The first kappa shape index (κ1) is 22.9. The summed E-state index contributed by atoms with van der Waals surface area (Å²) in [5.74, 6) is -3.09. The monoisotopic (exact) mass is 444 g/mol. The molecule has 8 nitrogen and oxygen atoms in total. The van der Waals surface area contributed by atoms with Gasteiger partial charge >= 0.3 is 5.69 Å². The molecule has 32 heavy (non-hydrogen) atoms. The van der Waals surface area contributed by atoms with Crippen LogP contribution < -0.4 is 21.9 Å². The van der Waals surface area contributed by atoms with Gasteiger partial charge in [0, 0.05) is 26.3 Å². The molecule has 1 heterocycles. The van der Waals surface area contributed by atoms with Gasteiger partial charge in [0.15, 0.2) is 5.69 Å². The Balaban J connectivity index is 2.11. The molecular formula is C22H22F2N4O4. The van der Waals surface area contributed by atoms with Crippen LogP contribution in [0.5, 0.6) is 0 Å². The Hall–Kier alpha value is -3.79. The van der Waals surface area contributed by atoms with Gasteiger partial charge in [0.2, 0.25) is 0 Å². The molecule has 0 bridgehead atoms. The Bertz CT molecular complexity index is 1220. The Morgan fingerprint density at radius 2 is 1.88 bits per heavy atom. The molecule has 10 heteroatoms. The fourth-order valence-electron chi connectivity index (χ4n) is 3.25. The molecule has 0 atom stereocenters. The number of aromatic nitrogens is 2. The van der Waals surface area contributed by atoms with Crippen LogP contribution in [0.25, 0.3) is 0 Å². The van der Waals surface area contributed by atoms with Crippen molar-refractivity contribution >= 4 is 17.4 Å². The zero-order valence-corrected chi connectivity index (χ0v) is 17.3. The fraction of sp³-hybridized carbons (Fsp3) is 0.227. The summed E-state index contributed by atoms with van der Waals surface area (Å²) in [5, 5.41) is 0. The summed E-state index contributed by atoms with van der Waals surface area (Å²) in [6, 6.07) is 11.4. The van der Waals surface area contributed by atoms with Crippen LogP contribution in [0.1, 0.15) is 22.3 Å². The number of ether oxygens (including phenoxy) is 1. The topological polar surface area (TPSA) is 110 Å². The smallest absolute Gasteiger partial charge is 0.330 e. The summed E-state index contributed by atoms with van der Waals surface area (Å²) >= 11 is 0. The molecule has 1 aromatic heterocycles. The van der Waals surface area contributed by atoms with Gasteiger partial charge in [0.1, 0.15) is 17.5 Å². The Morgan fingerprint density at radius 1 is 1.16 bits per heavy atom. The number of nitrogens with zero attached hydrogens (tertiary/aromatic N) is 2. The van der Waals surface area contributed by atoms with Crippen LogP contribution in [-0.4, -0.2) is 35.7 Å². The molecular weight excluding hydrogens is 422 g/mol. The van der Waals surface area contributed by atoms with E-state index in [-0.39, 0.29) is 31.2 Å². The second-order valence-corrected chi connectivity index (χ2v) is 6.99. The van der Waals surface area contributed by atoms with Crippen LogP contribution in [0.3, 0.4) is 0 Å². The quantitative estimate of drug-likeness (QED) is 0.517. The molecule has 0 spiro atoms. The highest BCUT2D eigenvalue weighted by molar-refractivity contribution is 6.07. The van der Waals surface area contributed by atoms with Crippen molar-refractivity contribution < 1.29 is 18.3 Å². The highest BCUT2D eigenvalue weighted by atomic mass is 19.1. The summed E-state index contributed by atoms with van der Waals surface area (Å²) in [6.07, 6.45) is 0.293. The van der Waals surface area contributed by atoms with Gasteiger partial charge in [-0.25, -0.2) is 13.6 Å². The lowest BCUT2D eigenvalue weighted by Gasteiger charge is -2.25. The maximum absolute atomic E-state index is 14.3. The van der Waals surface area contributed by atoms with Crippen molar-refractivity contribution in [2.45, 2.75) is 13.0 Å². The summed E-state index contributed by atoms with van der Waals surface area (Å²) in [4.78, 5) is 41.4. The first-order valence-corrected chi connectivity index (χ1v) is 9.76. The predicted molar refractivity (Wildman–Crippen MR) is 116 cm³/mol. The molecule has 3 rings (SSSR count). The van der Waals surface area contributed by atoms with E-state index in [1.807, 2.05) is 0 Å². The number of nitrogen functional groups attached to an aromatic ring is 1. The molecule has 0 radical (unpaired) electrons. The standard InChI is InChI=1S/C22H22F2N4O4/c1-32-11-5-10-27(21(30)16-9-8-15(23)12-17(16)24)18-19(25)28(22(31)26-20(18)29)13-14-6-3-2-4-7-14/h2-4,6-9,12H,5,10-11,13,25H2,1H3,(H,26,29,31). The molecule has 0 saturated carbocycles. The number of nitrogens with two attached hydrogens (primary N) is 1. The van der Waals surface area contributed by atoms with Crippen LogP contribution in [0.15, 0.2) is 58.1 Å². The number of hydrogen-bond donors (Lipinski definition) is 2. The molecule has 0 aliphatic rings. The highest BCUT2D eigenvalue weighted by Crippen LogP contribution is 2.22. The average Bonchev–Trinajstić information content (AvgIpc) is 2.76. The SMILES string of the molecule is COCCCN(C(=O)c1ccc(F)cc1F)c1c(N)n(Cc2ccccc2)c(=O)[nH]c1=O. The average molecular weight is 444 g/mol. The van der Waals surface area contributed by atoms with Crippen LogP contribution >= 0.6 is 0 Å². The minimum absolute atomic E-state index is 0.0420. The number of anilines is 2. The summed E-state index contributed by atoms with van der Waals surface area (Å²) in [6.45, 7) is 0.234. The fourth-order valence-corrected chi connectivity index (χ4v) is 3.25.